The smallest absolute Gasteiger partial charge is 0.195 e. The average molecular weight is 319 g/mol. The van der Waals surface area contributed by atoms with Crippen LogP contribution in [-0.2, 0) is 0 Å². The van der Waals surface area contributed by atoms with Crippen LogP contribution in [-0.4, -0.2) is 56.6 Å². The van der Waals surface area contributed by atoms with Crippen molar-refractivity contribution >= 4 is 5.96 Å². The standard InChI is InChI=1S/C19H33N3O/c1-6-17(23-18-14-9-7-10-15-18)13-11-8-12-16-20-19(21(2)3)22(4)5/h7,9-10,14-15,17H,6,8,11-13,16H2,1-5H3. The van der Waals surface area contributed by atoms with Crippen LogP contribution >= 0.6 is 0 Å². The van der Waals surface area contributed by atoms with Crippen LogP contribution in [0.4, 0.5) is 0 Å². The van der Waals surface area contributed by atoms with Crippen molar-refractivity contribution in [1.82, 2.24) is 9.80 Å². The number of hydrogen-bond donors (Lipinski definition) is 0. The molecule has 4 nitrogen and oxygen atoms in total. The zero-order chi connectivity index (χ0) is 17.1. The highest BCUT2D eigenvalue weighted by Crippen LogP contribution is 2.16. The third kappa shape index (κ3) is 7.91. The molecule has 0 amide bonds. The number of unbranched alkanes of at least 4 members (excludes halogenated alkanes) is 2. The van der Waals surface area contributed by atoms with Crippen molar-refractivity contribution in [1.29, 1.82) is 0 Å². The molecule has 23 heavy (non-hydrogen) atoms. The lowest BCUT2D eigenvalue weighted by molar-refractivity contribution is 0.182. The van der Waals surface area contributed by atoms with E-state index in [-0.39, 0.29) is 0 Å². The van der Waals surface area contributed by atoms with Gasteiger partial charge in [0.15, 0.2) is 5.96 Å². The van der Waals surface area contributed by atoms with Gasteiger partial charge in [0.25, 0.3) is 0 Å². The van der Waals surface area contributed by atoms with Gasteiger partial charge in [-0.05, 0) is 37.8 Å². The lowest BCUT2D eigenvalue weighted by Gasteiger charge is -2.22. The molecule has 130 valence electrons. The highest BCUT2D eigenvalue weighted by Gasteiger charge is 2.08. The summed E-state index contributed by atoms with van der Waals surface area (Å²) in [5.74, 6) is 2.01. The second kappa shape index (κ2) is 10.9. The van der Waals surface area contributed by atoms with Gasteiger partial charge in [-0.15, -0.1) is 0 Å². The summed E-state index contributed by atoms with van der Waals surface area (Å²) in [5.41, 5.74) is 0. The molecule has 4 heteroatoms. The number of aliphatic imine (C=N–C) groups is 1. The van der Waals surface area contributed by atoms with Gasteiger partial charge in [0, 0.05) is 34.7 Å². The molecular formula is C19H33N3O. The maximum atomic E-state index is 6.03. The molecule has 0 N–H and O–H groups in total. The number of benzene rings is 1. The highest BCUT2D eigenvalue weighted by molar-refractivity contribution is 5.79. The summed E-state index contributed by atoms with van der Waals surface area (Å²) >= 11 is 0. The number of ether oxygens (including phenoxy) is 1. The number of hydrogen-bond acceptors (Lipinski definition) is 2. The molecule has 0 aromatic heterocycles. The molecule has 0 fully saturated rings. The molecule has 0 spiro atoms. The molecule has 0 saturated carbocycles. The Bertz CT molecular complexity index is 433. The number of nitrogens with zero attached hydrogens (tertiary/aromatic N) is 3. The molecule has 0 radical (unpaired) electrons. The Kier molecular flexibility index (Phi) is 9.18. The quantitative estimate of drug-likeness (QED) is 0.393. The molecule has 0 heterocycles. The molecule has 1 atom stereocenters. The van der Waals surface area contributed by atoms with Gasteiger partial charge in [0.1, 0.15) is 5.75 Å². The molecule has 0 saturated heterocycles. The van der Waals surface area contributed by atoms with E-state index >= 15 is 0 Å². The van der Waals surface area contributed by atoms with Crippen LogP contribution in [0.3, 0.4) is 0 Å². The van der Waals surface area contributed by atoms with Crippen LogP contribution in [0.5, 0.6) is 5.75 Å². The largest absolute Gasteiger partial charge is 0.490 e. The summed E-state index contributed by atoms with van der Waals surface area (Å²) in [6.07, 6.45) is 6.02. The van der Waals surface area contributed by atoms with E-state index in [1.54, 1.807) is 0 Å². The van der Waals surface area contributed by atoms with E-state index in [1.807, 2.05) is 58.5 Å². The first-order valence-corrected chi connectivity index (χ1v) is 8.65. The van der Waals surface area contributed by atoms with E-state index in [0.29, 0.717) is 6.10 Å². The van der Waals surface area contributed by atoms with Crippen LogP contribution in [0.2, 0.25) is 0 Å². The molecule has 1 aromatic rings. The first kappa shape index (κ1) is 19.3. The van der Waals surface area contributed by atoms with Gasteiger partial charge in [-0.3, -0.25) is 4.99 Å². The molecular weight excluding hydrogens is 286 g/mol. The Morgan fingerprint density at radius 1 is 1.00 bits per heavy atom. The van der Waals surface area contributed by atoms with Crippen molar-refractivity contribution in [2.24, 2.45) is 4.99 Å². The van der Waals surface area contributed by atoms with Gasteiger partial charge in [0.2, 0.25) is 0 Å². The average Bonchev–Trinajstić information content (AvgIpc) is 2.53. The first-order chi connectivity index (χ1) is 11.0. The maximum absolute atomic E-state index is 6.03. The molecule has 0 aliphatic rings. The van der Waals surface area contributed by atoms with Gasteiger partial charge < -0.3 is 14.5 Å². The van der Waals surface area contributed by atoms with Crippen LogP contribution < -0.4 is 4.74 Å². The summed E-state index contributed by atoms with van der Waals surface area (Å²) in [4.78, 5) is 8.78. The van der Waals surface area contributed by atoms with Crippen molar-refractivity contribution in [3.05, 3.63) is 30.3 Å². The van der Waals surface area contributed by atoms with Crippen molar-refractivity contribution < 1.29 is 4.74 Å². The minimum absolute atomic E-state index is 0.319. The maximum Gasteiger partial charge on any atom is 0.195 e. The van der Waals surface area contributed by atoms with Crippen LogP contribution in [0.25, 0.3) is 0 Å². The summed E-state index contributed by atoms with van der Waals surface area (Å²) in [6, 6.07) is 10.1. The fraction of sp³-hybridized carbons (Fsp3) is 0.632. The van der Waals surface area contributed by atoms with Crippen molar-refractivity contribution in [2.75, 3.05) is 34.7 Å². The molecule has 1 rings (SSSR count). The van der Waals surface area contributed by atoms with Crippen molar-refractivity contribution in [2.45, 2.75) is 45.1 Å². The van der Waals surface area contributed by atoms with E-state index in [2.05, 4.69) is 21.7 Å². The monoisotopic (exact) mass is 319 g/mol. The van der Waals surface area contributed by atoms with E-state index < -0.39 is 0 Å². The molecule has 1 aromatic carbocycles. The first-order valence-electron chi connectivity index (χ1n) is 8.65. The van der Waals surface area contributed by atoms with Crippen molar-refractivity contribution in [3.8, 4) is 5.75 Å². The van der Waals surface area contributed by atoms with E-state index in [4.69, 9.17) is 4.74 Å². The van der Waals surface area contributed by atoms with Gasteiger partial charge in [-0.2, -0.15) is 0 Å². The van der Waals surface area contributed by atoms with Crippen LogP contribution in [0, 0.1) is 0 Å². The Morgan fingerprint density at radius 3 is 2.22 bits per heavy atom. The third-order valence-electron chi connectivity index (χ3n) is 3.74. The molecule has 0 aliphatic heterocycles. The van der Waals surface area contributed by atoms with Crippen LogP contribution in [0.1, 0.15) is 39.0 Å². The Hall–Kier alpha value is -1.71. The van der Waals surface area contributed by atoms with E-state index in [9.17, 15) is 0 Å². The normalized spacial score (nSPS) is 11.7. The number of guanidine groups is 1. The van der Waals surface area contributed by atoms with E-state index in [1.165, 1.54) is 12.8 Å². The topological polar surface area (TPSA) is 28.1 Å². The van der Waals surface area contributed by atoms with Gasteiger partial charge in [-0.25, -0.2) is 0 Å². The second-order valence-corrected chi connectivity index (χ2v) is 6.28. The molecule has 1 unspecified atom stereocenters. The number of para-hydroxylation sites is 1. The zero-order valence-electron chi connectivity index (χ0n) is 15.5. The third-order valence-corrected chi connectivity index (χ3v) is 3.74. The Morgan fingerprint density at radius 2 is 1.65 bits per heavy atom. The van der Waals surface area contributed by atoms with Crippen LogP contribution in [0.15, 0.2) is 35.3 Å². The summed E-state index contributed by atoms with van der Waals surface area (Å²) in [7, 11) is 8.13. The van der Waals surface area contributed by atoms with Gasteiger partial charge in [0.05, 0.1) is 6.10 Å². The summed E-state index contributed by atoms with van der Waals surface area (Å²) in [6.45, 7) is 3.08. The fourth-order valence-corrected chi connectivity index (χ4v) is 2.56. The predicted molar refractivity (Wildman–Crippen MR) is 99.3 cm³/mol. The Labute approximate surface area is 142 Å². The highest BCUT2D eigenvalue weighted by atomic mass is 16.5. The Balaban J connectivity index is 2.24. The van der Waals surface area contributed by atoms with Crippen molar-refractivity contribution in [3.63, 3.8) is 0 Å². The predicted octanol–water partition coefficient (Wildman–Crippen LogP) is 3.88. The van der Waals surface area contributed by atoms with E-state index in [0.717, 1.165) is 37.5 Å². The lowest BCUT2D eigenvalue weighted by Crippen LogP contribution is -2.35. The van der Waals surface area contributed by atoms with Gasteiger partial charge in [-0.1, -0.05) is 31.5 Å². The number of rotatable bonds is 9. The van der Waals surface area contributed by atoms with Gasteiger partial charge >= 0.3 is 0 Å². The summed E-state index contributed by atoms with van der Waals surface area (Å²) in [5, 5.41) is 0. The molecule has 0 aliphatic carbocycles. The minimum Gasteiger partial charge on any atom is -0.490 e. The lowest BCUT2D eigenvalue weighted by atomic mass is 10.1. The SMILES string of the molecule is CCC(CCCCCN=C(N(C)C)N(C)C)Oc1ccccc1. The zero-order valence-corrected chi connectivity index (χ0v) is 15.5. The fourth-order valence-electron chi connectivity index (χ4n) is 2.56. The molecule has 0 bridgehead atoms. The second-order valence-electron chi connectivity index (χ2n) is 6.28. The summed E-state index contributed by atoms with van der Waals surface area (Å²) < 4.78 is 6.03. The minimum atomic E-state index is 0.319.